The molecular formula is C15H29BO2. The fourth-order valence-corrected chi connectivity index (χ4v) is 1.35. The molecule has 0 amide bonds. The van der Waals surface area contributed by atoms with Gasteiger partial charge in [-0.1, -0.05) is 50.5 Å². The van der Waals surface area contributed by atoms with Crippen LogP contribution < -0.4 is 0 Å². The minimum absolute atomic E-state index is 0.0788. The summed E-state index contributed by atoms with van der Waals surface area (Å²) in [6, 6.07) is 0. The minimum Gasteiger partial charge on any atom is -0.411 e. The smallest absolute Gasteiger partial charge is 0.411 e. The number of hydrogen-bond acceptors (Lipinski definition) is 2. The standard InChI is InChI=1S/C15H29BO2/c1-5-7-13-17-16(18-14-8-6-2)12-10-9-11-15(3)4/h9-11H,5-8,12-14H2,1-4H3/b10-9+. The molecule has 3 heteroatoms. The zero-order valence-electron chi connectivity index (χ0n) is 12.6. The van der Waals surface area contributed by atoms with E-state index in [1.54, 1.807) is 0 Å². The Hall–Kier alpha value is -0.535. The summed E-state index contributed by atoms with van der Waals surface area (Å²) in [6.45, 7) is 10.1. The number of rotatable bonds is 11. The van der Waals surface area contributed by atoms with Crippen molar-refractivity contribution >= 4 is 7.12 Å². The maximum absolute atomic E-state index is 5.74. The molecule has 0 aliphatic carbocycles. The molecule has 0 bridgehead atoms. The Bertz CT molecular complexity index is 223. The Kier molecular flexibility index (Phi) is 12.5. The molecule has 0 unspecified atom stereocenters. The SMILES string of the molecule is CCCCOB(C/C=C/C=C(C)C)OCCCC. The highest BCUT2D eigenvalue weighted by Crippen LogP contribution is 2.03. The van der Waals surface area contributed by atoms with E-state index < -0.39 is 0 Å². The Morgan fingerprint density at radius 2 is 1.56 bits per heavy atom. The quantitative estimate of drug-likeness (QED) is 0.303. The lowest BCUT2D eigenvalue weighted by Gasteiger charge is -2.12. The Labute approximate surface area is 114 Å². The molecule has 0 aliphatic rings. The molecule has 104 valence electrons. The van der Waals surface area contributed by atoms with Gasteiger partial charge in [0.05, 0.1) is 0 Å². The lowest BCUT2D eigenvalue weighted by atomic mass is 9.84. The van der Waals surface area contributed by atoms with Crippen LogP contribution in [0.1, 0.15) is 53.4 Å². The van der Waals surface area contributed by atoms with Gasteiger partial charge in [-0.3, -0.25) is 0 Å². The van der Waals surface area contributed by atoms with E-state index in [0.717, 1.165) is 45.2 Å². The van der Waals surface area contributed by atoms with Crippen LogP contribution in [-0.2, 0) is 9.31 Å². The summed E-state index contributed by atoms with van der Waals surface area (Å²) in [5.74, 6) is 0. The third-order valence-corrected chi connectivity index (χ3v) is 2.50. The van der Waals surface area contributed by atoms with Crippen LogP contribution in [-0.4, -0.2) is 20.3 Å². The Morgan fingerprint density at radius 3 is 2.00 bits per heavy atom. The molecule has 0 atom stereocenters. The van der Waals surface area contributed by atoms with Crippen LogP contribution in [0.3, 0.4) is 0 Å². The van der Waals surface area contributed by atoms with Crippen LogP contribution in [0.2, 0.25) is 6.32 Å². The third-order valence-electron chi connectivity index (χ3n) is 2.50. The summed E-state index contributed by atoms with van der Waals surface area (Å²) in [6.07, 6.45) is 11.7. The largest absolute Gasteiger partial charge is 0.460 e. The van der Waals surface area contributed by atoms with Gasteiger partial charge in [0.2, 0.25) is 0 Å². The van der Waals surface area contributed by atoms with Crippen molar-refractivity contribution in [1.82, 2.24) is 0 Å². The predicted octanol–water partition coefficient (Wildman–Crippen LogP) is 4.63. The molecule has 0 rings (SSSR count). The van der Waals surface area contributed by atoms with E-state index in [0.29, 0.717) is 0 Å². The number of hydrogen-bond donors (Lipinski definition) is 0. The molecule has 0 aromatic rings. The third kappa shape index (κ3) is 11.9. The summed E-state index contributed by atoms with van der Waals surface area (Å²) in [5.41, 5.74) is 1.31. The molecule has 0 heterocycles. The average molecular weight is 252 g/mol. The van der Waals surface area contributed by atoms with Crippen LogP contribution in [0.25, 0.3) is 0 Å². The minimum atomic E-state index is -0.0788. The molecule has 0 radical (unpaired) electrons. The summed E-state index contributed by atoms with van der Waals surface area (Å²) < 4.78 is 11.5. The van der Waals surface area contributed by atoms with Gasteiger partial charge in [-0.15, -0.1) is 0 Å². The lowest BCUT2D eigenvalue weighted by Crippen LogP contribution is -2.23. The first-order valence-corrected chi connectivity index (χ1v) is 7.23. The van der Waals surface area contributed by atoms with Crippen LogP contribution >= 0.6 is 0 Å². The Balaban J connectivity index is 3.94. The highest BCUT2D eigenvalue weighted by atomic mass is 16.6. The number of allylic oxidation sites excluding steroid dienone is 4. The van der Waals surface area contributed by atoms with Gasteiger partial charge in [-0.2, -0.15) is 0 Å². The summed E-state index contributed by atoms with van der Waals surface area (Å²) in [5, 5.41) is 0. The molecule has 0 saturated heterocycles. The second-order valence-electron chi connectivity index (χ2n) is 4.79. The van der Waals surface area contributed by atoms with Crippen molar-refractivity contribution in [3.63, 3.8) is 0 Å². The van der Waals surface area contributed by atoms with Crippen molar-refractivity contribution in [3.8, 4) is 0 Å². The molecule has 0 saturated carbocycles. The molecule has 0 aromatic carbocycles. The molecule has 2 nitrogen and oxygen atoms in total. The zero-order chi connectivity index (χ0) is 13.6. The summed E-state index contributed by atoms with van der Waals surface area (Å²) in [7, 11) is -0.0788. The summed E-state index contributed by atoms with van der Waals surface area (Å²) in [4.78, 5) is 0. The van der Waals surface area contributed by atoms with Gasteiger partial charge in [0, 0.05) is 19.5 Å². The van der Waals surface area contributed by atoms with Crippen molar-refractivity contribution < 1.29 is 9.31 Å². The van der Waals surface area contributed by atoms with Crippen LogP contribution in [0.15, 0.2) is 23.8 Å². The zero-order valence-corrected chi connectivity index (χ0v) is 12.6. The molecule has 0 N–H and O–H groups in total. The predicted molar refractivity (Wildman–Crippen MR) is 80.9 cm³/mol. The topological polar surface area (TPSA) is 18.5 Å². The highest BCUT2D eigenvalue weighted by Gasteiger charge is 2.15. The van der Waals surface area contributed by atoms with E-state index in [1.165, 1.54) is 5.57 Å². The highest BCUT2D eigenvalue weighted by molar-refractivity contribution is 6.45. The van der Waals surface area contributed by atoms with Crippen molar-refractivity contribution in [2.45, 2.75) is 59.7 Å². The van der Waals surface area contributed by atoms with E-state index >= 15 is 0 Å². The maximum Gasteiger partial charge on any atom is 0.460 e. The first-order chi connectivity index (χ1) is 8.70. The van der Waals surface area contributed by atoms with E-state index in [-0.39, 0.29) is 7.12 Å². The second-order valence-corrected chi connectivity index (χ2v) is 4.79. The van der Waals surface area contributed by atoms with Crippen LogP contribution in [0.4, 0.5) is 0 Å². The van der Waals surface area contributed by atoms with Gasteiger partial charge in [-0.05, 0) is 26.7 Å². The fourth-order valence-electron chi connectivity index (χ4n) is 1.35. The lowest BCUT2D eigenvalue weighted by molar-refractivity contribution is 0.194. The molecule has 18 heavy (non-hydrogen) atoms. The van der Waals surface area contributed by atoms with E-state index in [9.17, 15) is 0 Å². The molecule has 0 aliphatic heterocycles. The molecule has 0 spiro atoms. The van der Waals surface area contributed by atoms with Gasteiger partial charge < -0.3 is 9.31 Å². The van der Waals surface area contributed by atoms with Crippen LogP contribution in [0.5, 0.6) is 0 Å². The fraction of sp³-hybridized carbons (Fsp3) is 0.733. The van der Waals surface area contributed by atoms with Crippen molar-refractivity contribution in [2.24, 2.45) is 0 Å². The van der Waals surface area contributed by atoms with Crippen molar-refractivity contribution in [3.05, 3.63) is 23.8 Å². The summed E-state index contributed by atoms with van der Waals surface area (Å²) >= 11 is 0. The van der Waals surface area contributed by atoms with Gasteiger partial charge >= 0.3 is 7.12 Å². The average Bonchev–Trinajstić information content (AvgIpc) is 2.34. The first kappa shape index (κ1) is 17.5. The molecular weight excluding hydrogens is 223 g/mol. The van der Waals surface area contributed by atoms with E-state index in [1.807, 2.05) is 0 Å². The van der Waals surface area contributed by atoms with E-state index in [4.69, 9.17) is 9.31 Å². The van der Waals surface area contributed by atoms with Crippen LogP contribution in [0, 0.1) is 0 Å². The van der Waals surface area contributed by atoms with E-state index in [2.05, 4.69) is 45.9 Å². The first-order valence-electron chi connectivity index (χ1n) is 7.23. The van der Waals surface area contributed by atoms with Gasteiger partial charge in [0.15, 0.2) is 0 Å². The van der Waals surface area contributed by atoms with Crippen molar-refractivity contribution in [1.29, 1.82) is 0 Å². The molecule has 0 aromatic heterocycles. The Morgan fingerprint density at radius 1 is 1.00 bits per heavy atom. The normalized spacial score (nSPS) is 10.9. The maximum atomic E-state index is 5.74. The van der Waals surface area contributed by atoms with Gasteiger partial charge in [-0.25, -0.2) is 0 Å². The van der Waals surface area contributed by atoms with Gasteiger partial charge in [0.1, 0.15) is 0 Å². The van der Waals surface area contributed by atoms with Gasteiger partial charge in [0.25, 0.3) is 0 Å². The monoisotopic (exact) mass is 252 g/mol. The second kappa shape index (κ2) is 12.9. The van der Waals surface area contributed by atoms with Crippen molar-refractivity contribution in [2.75, 3.05) is 13.2 Å². The molecule has 0 fully saturated rings. The number of unbranched alkanes of at least 4 members (excludes halogenated alkanes) is 2.